The third-order valence-electron chi connectivity index (χ3n) is 2.30. The lowest BCUT2D eigenvalue weighted by molar-refractivity contribution is -0.142. The van der Waals surface area contributed by atoms with E-state index in [1.807, 2.05) is 20.8 Å². The zero-order valence-electron chi connectivity index (χ0n) is 10.9. The Morgan fingerprint density at radius 2 is 2.11 bits per heavy atom. The zero-order valence-corrected chi connectivity index (χ0v) is 11.7. The van der Waals surface area contributed by atoms with Crippen LogP contribution in [-0.4, -0.2) is 32.4 Å². The summed E-state index contributed by atoms with van der Waals surface area (Å²) < 4.78 is 6.61. The molecule has 0 atom stereocenters. The monoisotopic (exact) mass is 268 g/mol. The number of aromatic nitrogens is 4. The summed E-state index contributed by atoms with van der Waals surface area (Å²) in [7, 11) is 0. The first-order chi connectivity index (χ1) is 8.41. The van der Waals surface area contributed by atoms with Crippen LogP contribution in [-0.2, 0) is 21.4 Å². The van der Waals surface area contributed by atoms with Gasteiger partial charge in [0.1, 0.15) is 5.01 Å². The van der Waals surface area contributed by atoms with Crippen LogP contribution in [0.2, 0.25) is 0 Å². The van der Waals surface area contributed by atoms with E-state index in [0.717, 1.165) is 5.82 Å². The predicted octanol–water partition coefficient (Wildman–Crippen LogP) is 1.59. The number of nitrogens with zero attached hydrogens (tertiary/aromatic N) is 4. The molecule has 0 saturated carbocycles. The fourth-order valence-corrected chi connectivity index (χ4v) is 2.35. The van der Waals surface area contributed by atoms with Crippen LogP contribution in [0.25, 0.3) is 4.96 Å². The third kappa shape index (κ3) is 2.50. The fourth-order valence-electron chi connectivity index (χ4n) is 1.53. The fraction of sp³-hybridized carbons (Fsp3) is 0.636. The number of carbonyl (C=O) groups is 1. The maximum atomic E-state index is 11.4. The topological polar surface area (TPSA) is 69.4 Å². The summed E-state index contributed by atoms with van der Waals surface area (Å²) in [6, 6.07) is 0. The maximum absolute atomic E-state index is 11.4. The Bertz CT molecular complexity index is 567. The molecule has 0 fully saturated rings. The SMILES string of the molecule is CCOC(=O)Cc1nn2c(C(C)(C)C)nnc2s1. The summed E-state index contributed by atoms with van der Waals surface area (Å²) in [5.41, 5.74) is -0.130. The largest absolute Gasteiger partial charge is 0.466 e. The van der Waals surface area contributed by atoms with Crippen LogP contribution < -0.4 is 0 Å². The lowest BCUT2D eigenvalue weighted by atomic mass is 9.96. The molecule has 0 amide bonds. The minimum atomic E-state index is -0.264. The van der Waals surface area contributed by atoms with Crippen molar-refractivity contribution in [3.63, 3.8) is 0 Å². The minimum absolute atomic E-state index is 0.130. The quantitative estimate of drug-likeness (QED) is 0.791. The van der Waals surface area contributed by atoms with E-state index < -0.39 is 0 Å². The van der Waals surface area contributed by atoms with Crippen molar-refractivity contribution in [1.82, 2.24) is 19.8 Å². The molecule has 0 bridgehead atoms. The molecule has 2 aromatic rings. The van der Waals surface area contributed by atoms with Crippen molar-refractivity contribution >= 4 is 22.3 Å². The van der Waals surface area contributed by atoms with Gasteiger partial charge in [-0.2, -0.15) is 9.61 Å². The van der Waals surface area contributed by atoms with Gasteiger partial charge in [-0.05, 0) is 6.92 Å². The number of fused-ring (bicyclic) bond motifs is 1. The highest BCUT2D eigenvalue weighted by Gasteiger charge is 2.23. The van der Waals surface area contributed by atoms with Crippen molar-refractivity contribution in [2.24, 2.45) is 0 Å². The van der Waals surface area contributed by atoms with Gasteiger partial charge in [-0.25, -0.2) is 0 Å². The van der Waals surface area contributed by atoms with E-state index >= 15 is 0 Å². The van der Waals surface area contributed by atoms with Gasteiger partial charge in [0.05, 0.1) is 13.0 Å². The van der Waals surface area contributed by atoms with E-state index in [1.54, 1.807) is 11.4 Å². The molecule has 2 aromatic heterocycles. The molecular weight excluding hydrogens is 252 g/mol. The molecule has 7 heteroatoms. The van der Waals surface area contributed by atoms with Gasteiger partial charge < -0.3 is 4.74 Å². The number of hydrogen-bond acceptors (Lipinski definition) is 6. The van der Waals surface area contributed by atoms with Crippen LogP contribution in [0, 0.1) is 0 Å². The Morgan fingerprint density at radius 3 is 2.72 bits per heavy atom. The van der Waals surface area contributed by atoms with E-state index in [2.05, 4.69) is 15.3 Å². The minimum Gasteiger partial charge on any atom is -0.466 e. The molecule has 0 aromatic carbocycles. The van der Waals surface area contributed by atoms with Gasteiger partial charge in [0.2, 0.25) is 4.96 Å². The average molecular weight is 268 g/mol. The van der Waals surface area contributed by atoms with Crippen molar-refractivity contribution in [2.75, 3.05) is 6.61 Å². The van der Waals surface area contributed by atoms with E-state index in [0.29, 0.717) is 16.6 Å². The highest BCUT2D eigenvalue weighted by atomic mass is 32.1. The van der Waals surface area contributed by atoms with Crippen molar-refractivity contribution in [2.45, 2.75) is 39.5 Å². The Kier molecular flexibility index (Phi) is 3.34. The van der Waals surface area contributed by atoms with Gasteiger partial charge in [-0.15, -0.1) is 10.2 Å². The highest BCUT2D eigenvalue weighted by Crippen LogP contribution is 2.23. The predicted molar refractivity (Wildman–Crippen MR) is 67.7 cm³/mol. The summed E-state index contributed by atoms with van der Waals surface area (Å²) in [4.78, 5) is 12.1. The van der Waals surface area contributed by atoms with Gasteiger partial charge in [0.15, 0.2) is 5.82 Å². The normalized spacial score (nSPS) is 12.0. The maximum Gasteiger partial charge on any atom is 0.312 e. The lowest BCUT2D eigenvalue weighted by Crippen LogP contribution is -2.16. The average Bonchev–Trinajstić information content (AvgIpc) is 2.74. The standard InChI is InChI=1S/C11H16N4O2S/c1-5-17-8(16)6-7-14-15-9(11(2,3)4)12-13-10(15)18-7/h5-6H2,1-4H3. The van der Waals surface area contributed by atoms with Gasteiger partial charge >= 0.3 is 5.97 Å². The molecule has 18 heavy (non-hydrogen) atoms. The van der Waals surface area contributed by atoms with E-state index in [4.69, 9.17) is 4.74 Å². The summed E-state index contributed by atoms with van der Waals surface area (Å²) in [5, 5.41) is 13.3. The Morgan fingerprint density at radius 1 is 1.39 bits per heavy atom. The Labute approximate surface area is 109 Å². The van der Waals surface area contributed by atoms with Crippen LogP contribution in [0.15, 0.2) is 0 Å². The van der Waals surface area contributed by atoms with Gasteiger partial charge in [-0.3, -0.25) is 4.79 Å². The molecular formula is C11H16N4O2S. The first-order valence-electron chi connectivity index (χ1n) is 5.79. The van der Waals surface area contributed by atoms with E-state index in [-0.39, 0.29) is 17.8 Å². The molecule has 0 aliphatic carbocycles. The van der Waals surface area contributed by atoms with Gasteiger partial charge in [0, 0.05) is 5.41 Å². The van der Waals surface area contributed by atoms with Crippen LogP contribution in [0.5, 0.6) is 0 Å². The summed E-state index contributed by atoms with van der Waals surface area (Å²) in [5.74, 6) is 0.531. The molecule has 0 N–H and O–H groups in total. The molecule has 0 saturated heterocycles. The van der Waals surface area contributed by atoms with Crippen LogP contribution in [0.1, 0.15) is 38.5 Å². The van der Waals surface area contributed by atoms with Crippen molar-refractivity contribution in [3.8, 4) is 0 Å². The molecule has 6 nitrogen and oxygen atoms in total. The van der Waals surface area contributed by atoms with Crippen molar-refractivity contribution in [1.29, 1.82) is 0 Å². The third-order valence-corrected chi connectivity index (χ3v) is 3.20. The smallest absolute Gasteiger partial charge is 0.312 e. The Hall–Kier alpha value is -1.50. The first kappa shape index (κ1) is 12.9. The number of rotatable bonds is 3. The van der Waals surface area contributed by atoms with Crippen LogP contribution >= 0.6 is 11.3 Å². The van der Waals surface area contributed by atoms with E-state index in [1.165, 1.54) is 11.3 Å². The number of esters is 1. The molecule has 0 unspecified atom stereocenters. The van der Waals surface area contributed by atoms with Crippen LogP contribution in [0.3, 0.4) is 0 Å². The molecule has 2 rings (SSSR count). The summed E-state index contributed by atoms with van der Waals surface area (Å²) in [6.07, 6.45) is 0.186. The number of carbonyl (C=O) groups excluding carboxylic acids is 1. The summed E-state index contributed by atoms with van der Waals surface area (Å²) in [6.45, 7) is 8.32. The second kappa shape index (κ2) is 4.64. The van der Waals surface area contributed by atoms with E-state index in [9.17, 15) is 4.79 Å². The highest BCUT2D eigenvalue weighted by molar-refractivity contribution is 7.16. The number of hydrogen-bond donors (Lipinski definition) is 0. The molecule has 0 aliphatic rings. The summed E-state index contributed by atoms with van der Waals surface area (Å²) >= 11 is 1.37. The van der Waals surface area contributed by atoms with Gasteiger partial charge in [-0.1, -0.05) is 32.1 Å². The molecule has 98 valence electrons. The first-order valence-corrected chi connectivity index (χ1v) is 6.60. The lowest BCUT2D eigenvalue weighted by Gasteiger charge is -2.13. The molecule has 0 spiro atoms. The number of ether oxygens (including phenoxy) is 1. The van der Waals surface area contributed by atoms with Crippen molar-refractivity contribution < 1.29 is 9.53 Å². The van der Waals surface area contributed by atoms with Crippen LogP contribution in [0.4, 0.5) is 0 Å². The zero-order chi connectivity index (χ0) is 13.3. The second-order valence-electron chi connectivity index (χ2n) is 4.95. The Balaban J connectivity index is 2.28. The molecule has 2 heterocycles. The molecule has 0 aliphatic heterocycles. The van der Waals surface area contributed by atoms with Gasteiger partial charge in [0.25, 0.3) is 0 Å². The molecule has 0 radical (unpaired) electrons. The second-order valence-corrected chi connectivity index (χ2v) is 5.99. The van der Waals surface area contributed by atoms with Crippen molar-refractivity contribution in [3.05, 3.63) is 10.8 Å².